The molecule has 29 heteroatoms. The summed E-state index contributed by atoms with van der Waals surface area (Å²) in [5, 5.41) is 2.82. The van der Waals surface area contributed by atoms with E-state index >= 15 is 0 Å². The zero-order valence-electron chi connectivity index (χ0n) is 37.7. The van der Waals surface area contributed by atoms with Crippen molar-refractivity contribution in [3.63, 3.8) is 0 Å². The Morgan fingerprint density at radius 1 is 0.359 bits per heavy atom. The van der Waals surface area contributed by atoms with Crippen LogP contribution in [-0.4, -0.2) is 11.9 Å². The Morgan fingerprint density at radius 2 is 0.603 bits per heavy atom. The van der Waals surface area contributed by atoms with E-state index in [1.807, 2.05) is 42.5 Å². The van der Waals surface area contributed by atoms with Crippen molar-refractivity contribution < 1.29 is 115 Å². The van der Waals surface area contributed by atoms with Crippen molar-refractivity contribution in [2.24, 2.45) is 0 Å². The van der Waals surface area contributed by atoms with Gasteiger partial charge in [-0.15, -0.1) is 0 Å². The van der Waals surface area contributed by atoms with Crippen LogP contribution in [0.25, 0.3) is 10.8 Å². The Balaban J connectivity index is 0.000000387. The summed E-state index contributed by atoms with van der Waals surface area (Å²) in [5.74, 6) is -0.00570. The lowest BCUT2D eigenvalue weighted by Gasteiger charge is -2.46. The predicted molar refractivity (Wildman–Crippen MR) is 235 cm³/mol. The number of hydrogen-bond acceptors (Lipinski definition) is 1. The Morgan fingerprint density at radius 3 is 0.859 bits per heavy atom. The smallest absolute Gasteiger partial charge is 0.287 e. The SMILES string of the molecule is FC(F)(F)c1cc([B-](c2cc(C(F)(F)F)cc(C(F)(F)F)c2)(c2cc(C(F)(F)F)cc(C(F)(F)F)c2)c2cc(C(F)(F)F)cc(C(F)(F)F)c2)cc(C(F)(F)F)c1.O=C(C[n+]1cc(Cl)c2ccccc2c1Cl)c1ccccc1. The highest BCUT2D eigenvalue weighted by Crippen LogP contribution is 2.42. The molecule has 0 radical (unpaired) electrons. The first-order valence-corrected chi connectivity index (χ1v) is 21.9. The summed E-state index contributed by atoms with van der Waals surface area (Å²) in [6.07, 6.45) is -53.1. The molecule has 0 amide bonds. The average Bonchev–Trinajstić information content (AvgIpc) is 3.31. The summed E-state index contributed by atoms with van der Waals surface area (Å²) in [7, 11) is 0. The quantitative estimate of drug-likeness (QED) is 0.0512. The second-order valence-electron chi connectivity index (χ2n) is 17.0. The minimum absolute atomic E-state index is 0.00570. The summed E-state index contributed by atoms with van der Waals surface area (Å²) in [6.45, 7) is 0.160. The molecule has 1 heterocycles. The summed E-state index contributed by atoms with van der Waals surface area (Å²) >= 11 is 12.7. The van der Waals surface area contributed by atoms with Crippen LogP contribution >= 0.6 is 23.2 Å². The monoisotopic (exact) mass is 1180 g/mol. The number of halogens is 26. The fraction of sp³-hybridized carbons (Fsp3) is 0.184. The van der Waals surface area contributed by atoms with Gasteiger partial charge in [-0.1, -0.05) is 109 Å². The Kier molecular flexibility index (Phi) is 16.2. The molecule has 0 saturated heterocycles. The van der Waals surface area contributed by atoms with Crippen molar-refractivity contribution in [3.8, 4) is 0 Å². The van der Waals surface area contributed by atoms with E-state index in [0.717, 1.165) is 10.8 Å². The number of aromatic nitrogens is 1. The van der Waals surface area contributed by atoms with Gasteiger partial charge in [-0.05, 0) is 41.9 Å². The molecule has 7 rings (SSSR count). The Labute approximate surface area is 431 Å². The van der Waals surface area contributed by atoms with Crippen LogP contribution < -0.4 is 26.4 Å². The number of benzene rings is 6. The lowest BCUT2D eigenvalue weighted by molar-refractivity contribution is -0.679. The number of fused-ring (bicyclic) bond motifs is 1. The molecule has 1 aromatic heterocycles. The first-order valence-electron chi connectivity index (χ1n) is 21.1. The van der Waals surface area contributed by atoms with Gasteiger partial charge < -0.3 is 0 Å². The van der Waals surface area contributed by atoms with Crippen molar-refractivity contribution in [1.82, 2.24) is 0 Å². The van der Waals surface area contributed by atoms with Crippen LogP contribution in [0.3, 0.4) is 0 Å². The van der Waals surface area contributed by atoms with Gasteiger partial charge in [0.1, 0.15) is 11.2 Å². The molecule has 416 valence electrons. The van der Waals surface area contributed by atoms with E-state index in [9.17, 15) is 110 Å². The minimum atomic E-state index is -6.13. The summed E-state index contributed by atoms with van der Waals surface area (Å²) in [6, 6.07) is 7.94. The molecule has 0 saturated carbocycles. The predicted octanol–water partition coefficient (Wildman–Crippen LogP) is 15.5. The van der Waals surface area contributed by atoms with E-state index in [1.54, 1.807) is 22.9 Å². The zero-order valence-corrected chi connectivity index (χ0v) is 39.2. The van der Waals surface area contributed by atoms with Gasteiger partial charge in [0.15, 0.2) is 6.20 Å². The molecule has 0 atom stereocenters. The summed E-state index contributed by atoms with van der Waals surface area (Å²) < 4.78 is 343. The van der Waals surface area contributed by atoms with E-state index in [1.165, 1.54) is 0 Å². The first-order chi connectivity index (χ1) is 35.4. The van der Waals surface area contributed by atoms with Gasteiger partial charge in [0, 0.05) is 10.9 Å². The molecule has 78 heavy (non-hydrogen) atoms. The lowest BCUT2D eigenvalue weighted by atomic mass is 9.12. The van der Waals surface area contributed by atoms with Crippen molar-refractivity contribution in [2.45, 2.75) is 56.0 Å². The third-order valence-electron chi connectivity index (χ3n) is 11.8. The van der Waals surface area contributed by atoms with Crippen molar-refractivity contribution in [2.75, 3.05) is 0 Å². The average molecular weight is 1180 g/mol. The standard InChI is InChI=1S/C32H12BF24.C17H12Cl2NO/c34-25(35,36)13-1-14(26(37,38)39)6-21(5-13)33(22-7-15(27(40,41)42)2-16(8-22)28(43,44)45,23-9-17(29(46,47)48)3-18(10-23)30(49,50)51)24-11-19(31(52,53)54)4-20(12-24)32(55,56)57;18-15-10-20(11-16(21)12-6-2-1-3-7-12)17(19)14-9-5-4-8-13(14)15/h1-12H;1-10H,11H2/q-1;+1. The van der Waals surface area contributed by atoms with Crippen LogP contribution in [0.5, 0.6) is 0 Å². The minimum Gasteiger partial charge on any atom is -0.287 e. The molecule has 0 aliphatic carbocycles. The first kappa shape index (κ1) is 60.6. The zero-order chi connectivity index (χ0) is 58.7. The highest BCUT2D eigenvalue weighted by Gasteiger charge is 2.47. The molecule has 6 aromatic carbocycles. The largest absolute Gasteiger partial charge is 0.416 e. The third kappa shape index (κ3) is 13.3. The highest BCUT2D eigenvalue weighted by atomic mass is 35.5. The number of Topliss-reactive ketones (excluding diaryl/α,β-unsaturated/α-hetero) is 1. The molecule has 2 nitrogen and oxygen atoms in total. The molecule has 7 aromatic rings. The maximum atomic E-state index is 14.2. The van der Waals surface area contributed by atoms with Gasteiger partial charge in [0.05, 0.1) is 49.9 Å². The third-order valence-corrected chi connectivity index (χ3v) is 12.5. The maximum Gasteiger partial charge on any atom is 0.416 e. The van der Waals surface area contributed by atoms with Crippen LogP contribution in [0.2, 0.25) is 10.2 Å². The topological polar surface area (TPSA) is 20.9 Å². The molecule has 0 aliphatic heterocycles. The molecule has 0 bridgehead atoms. The van der Waals surface area contributed by atoms with Crippen LogP contribution in [0.4, 0.5) is 105 Å². The number of hydrogen-bond donors (Lipinski definition) is 0. The molecule has 0 fully saturated rings. The van der Waals surface area contributed by atoms with Crippen molar-refractivity contribution in [3.05, 3.63) is 194 Å². The van der Waals surface area contributed by atoms with Gasteiger partial charge in [-0.3, -0.25) is 4.79 Å². The van der Waals surface area contributed by atoms with Gasteiger partial charge in [0.2, 0.25) is 12.3 Å². The van der Waals surface area contributed by atoms with Crippen molar-refractivity contribution >= 4 is 67.8 Å². The van der Waals surface area contributed by atoms with Crippen LogP contribution in [-0.2, 0) is 56.0 Å². The molecule has 0 aliphatic rings. The number of nitrogens with zero attached hydrogens (tertiary/aromatic N) is 1. The molecule has 0 unspecified atom stereocenters. The number of carbonyl (C=O) groups excluding carboxylic acids is 1. The fourth-order valence-electron chi connectivity index (χ4n) is 8.34. The number of pyridine rings is 1. The number of carbonyl (C=O) groups is 1. The highest BCUT2D eigenvalue weighted by molar-refractivity contribution is 7.20. The summed E-state index contributed by atoms with van der Waals surface area (Å²) in [5.41, 5.74) is -29.5. The number of alkyl halides is 24. The van der Waals surface area contributed by atoms with Crippen LogP contribution in [0.1, 0.15) is 54.9 Å². The second kappa shape index (κ2) is 20.9. The van der Waals surface area contributed by atoms with E-state index in [0.29, 0.717) is 15.7 Å². The molecular weight excluding hydrogens is 1160 g/mol. The van der Waals surface area contributed by atoms with E-state index < -0.39 is 195 Å². The number of ketones is 1. The van der Waals surface area contributed by atoms with Crippen LogP contribution in [0, 0.1) is 0 Å². The lowest BCUT2D eigenvalue weighted by Crippen LogP contribution is -2.75. The molecular formula is C49H24BCl2F24NO. The maximum absolute atomic E-state index is 14.2. The fourth-order valence-corrected chi connectivity index (χ4v) is 8.90. The van der Waals surface area contributed by atoms with E-state index in [4.69, 9.17) is 23.2 Å². The van der Waals surface area contributed by atoms with E-state index in [-0.39, 0.29) is 12.3 Å². The van der Waals surface area contributed by atoms with Gasteiger partial charge in [-0.25, -0.2) is 0 Å². The Bertz CT molecular complexity index is 2930. The van der Waals surface area contributed by atoms with E-state index in [2.05, 4.69) is 0 Å². The molecule has 0 N–H and O–H groups in total. The Hall–Kier alpha value is -6.64. The van der Waals surface area contributed by atoms with Crippen molar-refractivity contribution in [1.29, 1.82) is 0 Å². The molecule has 0 spiro atoms. The van der Waals surface area contributed by atoms with Gasteiger partial charge >= 0.3 is 49.4 Å². The van der Waals surface area contributed by atoms with Gasteiger partial charge in [-0.2, -0.15) is 132 Å². The second-order valence-corrected chi connectivity index (χ2v) is 17.7. The van der Waals surface area contributed by atoms with Crippen LogP contribution in [0.15, 0.2) is 134 Å². The normalized spacial score (nSPS) is 13.4. The number of rotatable bonds is 7. The summed E-state index contributed by atoms with van der Waals surface area (Å²) in [4.78, 5) is 12.3. The van der Waals surface area contributed by atoms with Gasteiger partial charge in [0.25, 0.3) is 5.15 Å².